The summed E-state index contributed by atoms with van der Waals surface area (Å²) in [7, 11) is 0. The summed E-state index contributed by atoms with van der Waals surface area (Å²) in [4.78, 5) is 1.13. The van der Waals surface area contributed by atoms with Crippen molar-refractivity contribution in [2.45, 2.75) is 38.6 Å². The molecule has 1 aromatic heterocycles. The number of aryl methyl sites for hydroxylation is 1. The van der Waals surface area contributed by atoms with Crippen LogP contribution in [0.5, 0.6) is 0 Å². The number of allylic oxidation sites excluding steroid dienone is 1. The lowest BCUT2D eigenvalue weighted by atomic mass is 9.93. The van der Waals surface area contributed by atoms with Crippen molar-refractivity contribution in [2.24, 2.45) is 5.73 Å². The number of rotatable bonds is 2. The monoisotopic (exact) mass is 241 g/mol. The molecule has 1 aromatic rings. The molecular weight excluding hydrogens is 226 g/mol. The minimum Gasteiger partial charge on any atom is -0.320 e. The van der Waals surface area contributed by atoms with Gasteiger partial charge in [-0.25, -0.2) is 0 Å². The summed E-state index contributed by atoms with van der Waals surface area (Å²) in [6.45, 7) is 2.03. The summed E-state index contributed by atoms with van der Waals surface area (Å²) in [5, 5.41) is 2.94. The molecule has 1 heterocycles. The molecule has 1 aliphatic carbocycles. The van der Waals surface area contributed by atoms with Gasteiger partial charge in [0.05, 0.1) is 11.1 Å². The van der Waals surface area contributed by atoms with Crippen LogP contribution in [0, 0.1) is 6.92 Å². The predicted octanol–water partition coefficient (Wildman–Crippen LogP) is 4.21. The molecule has 1 aliphatic rings. The second-order valence-electron chi connectivity index (χ2n) is 4.10. The first-order chi connectivity index (χ1) is 7.20. The van der Waals surface area contributed by atoms with Crippen LogP contribution in [0.15, 0.2) is 17.0 Å². The SMILES string of the molecule is Cc1csc(C(N)C2=CCCCC2)c1Cl. The fourth-order valence-electron chi connectivity index (χ4n) is 1.97. The van der Waals surface area contributed by atoms with Gasteiger partial charge in [-0.05, 0) is 43.6 Å². The number of halogens is 1. The van der Waals surface area contributed by atoms with Gasteiger partial charge in [0.15, 0.2) is 0 Å². The quantitative estimate of drug-likeness (QED) is 0.772. The Labute approximate surface area is 99.9 Å². The molecule has 0 fully saturated rings. The van der Waals surface area contributed by atoms with Gasteiger partial charge in [0, 0.05) is 4.88 Å². The maximum absolute atomic E-state index is 6.24. The Hall–Kier alpha value is -0.310. The minimum absolute atomic E-state index is 0.0245. The molecule has 82 valence electrons. The van der Waals surface area contributed by atoms with E-state index >= 15 is 0 Å². The van der Waals surface area contributed by atoms with Gasteiger partial charge in [-0.3, -0.25) is 0 Å². The van der Waals surface area contributed by atoms with Gasteiger partial charge in [-0.15, -0.1) is 11.3 Å². The molecule has 0 radical (unpaired) electrons. The van der Waals surface area contributed by atoms with Gasteiger partial charge in [-0.1, -0.05) is 23.3 Å². The molecule has 2 rings (SSSR count). The van der Waals surface area contributed by atoms with Crippen LogP contribution < -0.4 is 5.73 Å². The van der Waals surface area contributed by atoms with Crippen molar-refractivity contribution < 1.29 is 0 Å². The third-order valence-corrected chi connectivity index (χ3v) is 4.73. The maximum Gasteiger partial charge on any atom is 0.0620 e. The van der Waals surface area contributed by atoms with Crippen LogP contribution in [0.4, 0.5) is 0 Å². The Morgan fingerprint density at radius 2 is 2.27 bits per heavy atom. The van der Waals surface area contributed by atoms with E-state index in [2.05, 4.69) is 11.5 Å². The van der Waals surface area contributed by atoms with Gasteiger partial charge in [-0.2, -0.15) is 0 Å². The molecule has 2 N–H and O–H groups in total. The van der Waals surface area contributed by atoms with Crippen molar-refractivity contribution >= 4 is 22.9 Å². The molecule has 0 aromatic carbocycles. The number of hydrogen-bond acceptors (Lipinski definition) is 2. The lowest BCUT2D eigenvalue weighted by Crippen LogP contribution is -2.14. The van der Waals surface area contributed by atoms with Crippen molar-refractivity contribution in [3.05, 3.63) is 32.5 Å². The molecular formula is C12H16ClNS. The Morgan fingerprint density at radius 3 is 2.80 bits per heavy atom. The summed E-state index contributed by atoms with van der Waals surface area (Å²) in [6.07, 6.45) is 7.16. The number of hydrogen-bond donors (Lipinski definition) is 1. The van der Waals surface area contributed by atoms with Crippen LogP contribution in [0.3, 0.4) is 0 Å². The zero-order valence-electron chi connectivity index (χ0n) is 8.92. The first-order valence-corrected chi connectivity index (χ1v) is 6.64. The van der Waals surface area contributed by atoms with Crippen molar-refractivity contribution in [2.75, 3.05) is 0 Å². The molecule has 0 aliphatic heterocycles. The fraction of sp³-hybridized carbons (Fsp3) is 0.500. The molecule has 0 spiro atoms. The van der Waals surface area contributed by atoms with Crippen LogP contribution >= 0.6 is 22.9 Å². The highest BCUT2D eigenvalue weighted by Gasteiger charge is 2.18. The maximum atomic E-state index is 6.24. The van der Waals surface area contributed by atoms with E-state index in [0.717, 1.165) is 21.9 Å². The highest BCUT2D eigenvalue weighted by molar-refractivity contribution is 7.10. The van der Waals surface area contributed by atoms with E-state index in [4.69, 9.17) is 17.3 Å². The molecule has 0 bridgehead atoms. The second-order valence-corrected chi connectivity index (χ2v) is 5.39. The molecule has 0 saturated carbocycles. The molecule has 0 amide bonds. The number of nitrogens with two attached hydrogens (primary N) is 1. The van der Waals surface area contributed by atoms with Crippen molar-refractivity contribution in [3.63, 3.8) is 0 Å². The van der Waals surface area contributed by atoms with E-state index < -0.39 is 0 Å². The summed E-state index contributed by atoms with van der Waals surface area (Å²) >= 11 is 7.91. The van der Waals surface area contributed by atoms with Crippen molar-refractivity contribution in [1.82, 2.24) is 0 Å². The molecule has 1 nitrogen and oxygen atoms in total. The van der Waals surface area contributed by atoms with E-state index in [1.54, 1.807) is 11.3 Å². The van der Waals surface area contributed by atoms with Crippen LogP contribution in [0.2, 0.25) is 5.02 Å². The van der Waals surface area contributed by atoms with E-state index in [9.17, 15) is 0 Å². The summed E-state index contributed by atoms with van der Waals surface area (Å²) in [6, 6.07) is 0.0245. The molecule has 15 heavy (non-hydrogen) atoms. The molecule has 1 atom stereocenters. The summed E-state index contributed by atoms with van der Waals surface area (Å²) < 4.78 is 0. The highest BCUT2D eigenvalue weighted by Crippen LogP contribution is 2.37. The lowest BCUT2D eigenvalue weighted by molar-refractivity contribution is 0.652. The largest absolute Gasteiger partial charge is 0.320 e. The standard InChI is InChI=1S/C12H16ClNS/c1-8-7-15-12(10(8)13)11(14)9-5-3-2-4-6-9/h5,7,11H,2-4,6,14H2,1H3. The Balaban J connectivity index is 2.23. The minimum atomic E-state index is 0.0245. The Kier molecular flexibility index (Phi) is 3.49. The lowest BCUT2D eigenvalue weighted by Gasteiger charge is -2.19. The van der Waals surface area contributed by atoms with Gasteiger partial charge in [0.25, 0.3) is 0 Å². The third-order valence-electron chi connectivity index (χ3n) is 2.93. The topological polar surface area (TPSA) is 26.0 Å². The molecule has 3 heteroatoms. The zero-order chi connectivity index (χ0) is 10.8. The Bertz CT molecular complexity index is 381. The van der Waals surface area contributed by atoms with E-state index in [0.29, 0.717) is 0 Å². The van der Waals surface area contributed by atoms with E-state index in [-0.39, 0.29) is 6.04 Å². The van der Waals surface area contributed by atoms with Gasteiger partial charge >= 0.3 is 0 Å². The zero-order valence-corrected chi connectivity index (χ0v) is 10.5. The predicted molar refractivity (Wildman–Crippen MR) is 67.5 cm³/mol. The third kappa shape index (κ3) is 2.27. The smallest absolute Gasteiger partial charge is 0.0620 e. The van der Waals surface area contributed by atoms with Crippen LogP contribution in [0.25, 0.3) is 0 Å². The molecule has 1 unspecified atom stereocenters. The van der Waals surface area contributed by atoms with E-state index in [1.165, 1.54) is 24.8 Å². The van der Waals surface area contributed by atoms with Gasteiger partial charge in [0.2, 0.25) is 0 Å². The normalized spacial score (nSPS) is 18.7. The number of thiophene rings is 1. The van der Waals surface area contributed by atoms with Crippen LogP contribution in [-0.4, -0.2) is 0 Å². The average Bonchev–Trinajstić information content (AvgIpc) is 2.60. The van der Waals surface area contributed by atoms with Gasteiger partial charge in [0.1, 0.15) is 0 Å². The summed E-state index contributed by atoms with van der Waals surface area (Å²) in [5.74, 6) is 0. The average molecular weight is 242 g/mol. The van der Waals surface area contributed by atoms with Crippen LogP contribution in [0.1, 0.15) is 42.2 Å². The highest BCUT2D eigenvalue weighted by atomic mass is 35.5. The first-order valence-electron chi connectivity index (χ1n) is 5.38. The van der Waals surface area contributed by atoms with Crippen molar-refractivity contribution in [3.8, 4) is 0 Å². The van der Waals surface area contributed by atoms with E-state index in [1.807, 2.05) is 6.92 Å². The van der Waals surface area contributed by atoms with Crippen LogP contribution in [-0.2, 0) is 0 Å². The van der Waals surface area contributed by atoms with Gasteiger partial charge < -0.3 is 5.73 Å². The first kappa shape index (κ1) is 11.2. The Morgan fingerprint density at radius 1 is 1.47 bits per heavy atom. The molecule has 0 saturated heterocycles. The summed E-state index contributed by atoms with van der Waals surface area (Å²) in [5.41, 5.74) is 8.75. The fourth-order valence-corrected chi connectivity index (χ4v) is 3.33. The second kappa shape index (κ2) is 4.69. The van der Waals surface area contributed by atoms with Crippen molar-refractivity contribution in [1.29, 1.82) is 0 Å².